The maximum atomic E-state index is 12.5. The molecule has 1 aliphatic heterocycles. The van der Waals surface area contributed by atoms with E-state index in [0.717, 1.165) is 4.57 Å². The number of rotatable bonds is 2. The van der Waals surface area contributed by atoms with E-state index in [1.165, 1.54) is 0 Å². The summed E-state index contributed by atoms with van der Waals surface area (Å²) in [5.74, 6) is -0.725. The molecule has 23 heavy (non-hydrogen) atoms. The van der Waals surface area contributed by atoms with E-state index in [1.807, 2.05) is 0 Å². The fourth-order valence-electron chi connectivity index (χ4n) is 2.93. The molecule has 1 aliphatic rings. The van der Waals surface area contributed by atoms with E-state index in [0.29, 0.717) is 17.3 Å². The number of sulfone groups is 1. The molecule has 3 rings (SSSR count). The third kappa shape index (κ3) is 2.56. The molecule has 1 atom stereocenters. The maximum Gasteiger partial charge on any atom is 0.329 e. The fraction of sp³-hybridized carbons (Fsp3) is 0.357. The van der Waals surface area contributed by atoms with E-state index >= 15 is 0 Å². The van der Waals surface area contributed by atoms with Crippen LogP contribution in [0.25, 0.3) is 10.9 Å². The molecule has 0 spiro atoms. The molecule has 9 heteroatoms. The first kappa shape index (κ1) is 15.5. The molecule has 1 aromatic carbocycles. The predicted molar refractivity (Wildman–Crippen MR) is 84.7 cm³/mol. The number of nitrogens with zero attached hydrogens (tertiary/aromatic N) is 2. The van der Waals surface area contributed by atoms with Gasteiger partial charge >= 0.3 is 6.03 Å². The summed E-state index contributed by atoms with van der Waals surface area (Å²) in [5.41, 5.74) is -0.816. The molecule has 0 bridgehead atoms. The second kappa shape index (κ2) is 5.05. The van der Waals surface area contributed by atoms with Gasteiger partial charge in [0.25, 0.3) is 0 Å². The van der Waals surface area contributed by atoms with Crippen molar-refractivity contribution >= 4 is 32.5 Å². The first-order chi connectivity index (χ1) is 10.8. The quantitative estimate of drug-likeness (QED) is 0.811. The first-order valence-electron chi connectivity index (χ1n) is 6.95. The molecule has 1 unspecified atom stereocenters. The van der Waals surface area contributed by atoms with Gasteiger partial charge in [-0.3, -0.25) is 0 Å². The van der Waals surface area contributed by atoms with Gasteiger partial charge < -0.3 is 10.4 Å². The standard InChI is InChI=1S/C14H15N3O5S/c1-14(6-7-23(21,22)8-14)15-13(19)17-10-5-3-2-4-9(10)11(16-20)12(17)18/h2-5,18H,6-8H2,1H3,(H,15,19). The Morgan fingerprint density at radius 1 is 1.39 bits per heavy atom. The molecule has 0 saturated carbocycles. The number of fused-ring (bicyclic) bond motifs is 1. The molecule has 0 aliphatic carbocycles. The molecule has 122 valence electrons. The van der Waals surface area contributed by atoms with Gasteiger partial charge in [-0.25, -0.2) is 17.8 Å². The number of aromatic hydroxyl groups is 1. The van der Waals surface area contributed by atoms with Crippen LogP contribution in [-0.4, -0.2) is 41.2 Å². The Balaban J connectivity index is 2.02. The number of nitroso groups, excluding NO2 is 1. The van der Waals surface area contributed by atoms with Gasteiger partial charge in [-0.05, 0) is 24.6 Å². The Morgan fingerprint density at radius 2 is 2.09 bits per heavy atom. The number of benzene rings is 1. The van der Waals surface area contributed by atoms with Crippen LogP contribution in [0.4, 0.5) is 10.5 Å². The molecular formula is C14H15N3O5S. The molecule has 1 saturated heterocycles. The van der Waals surface area contributed by atoms with Gasteiger partial charge in [-0.2, -0.15) is 0 Å². The van der Waals surface area contributed by atoms with E-state index in [2.05, 4.69) is 10.5 Å². The fourth-order valence-corrected chi connectivity index (χ4v) is 5.02. The van der Waals surface area contributed by atoms with Gasteiger partial charge in [0.1, 0.15) is 0 Å². The minimum Gasteiger partial charge on any atom is -0.492 e. The molecule has 8 nitrogen and oxygen atoms in total. The summed E-state index contributed by atoms with van der Waals surface area (Å²) in [6.45, 7) is 1.64. The van der Waals surface area contributed by atoms with Crippen molar-refractivity contribution in [2.45, 2.75) is 18.9 Å². The Hall–Kier alpha value is -2.42. The predicted octanol–water partition coefficient (Wildman–Crippen LogP) is 1.88. The molecular weight excluding hydrogens is 322 g/mol. The lowest BCUT2D eigenvalue weighted by Crippen LogP contribution is -2.48. The SMILES string of the molecule is CC1(NC(=O)n2c(O)c(N=O)c3ccccc32)CCS(=O)(=O)C1. The lowest BCUT2D eigenvalue weighted by atomic mass is 10.0. The molecule has 1 aromatic heterocycles. The summed E-state index contributed by atoms with van der Waals surface area (Å²) in [7, 11) is -3.19. The summed E-state index contributed by atoms with van der Waals surface area (Å²) in [6, 6.07) is 5.74. The Morgan fingerprint density at radius 3 is 2.70 bits per heavy atom. The average molecular weight is 337 g/mol. The topological polar surface area (TPSA) is 118 Å². The van der Waals surface area contributed by atoms with Crippen LogP contribution in [-0.2, 0) is 9.84 Å². The summed E-state index contributed by atoms with van der Waals surface area (Å²) in [4.78, 5) is 23.5. The molecule has 0 radical (unpaired) electrons. The molecule has 1 amide bonds. The van der Waals surface area contributed by atoms with Crippen molar-refractivity contribution < 1.29 is 18.3 Å². The van der Waals surface area contributed by atoms with Gasteiger partial charge in [-0.15, -0.1) is 4.91 Å². The highest BCUT2D eigenvalue weighted by Crippen LogP contribution is 2.38. The van der Waals surface area contributed by atoms with Crippen molar-refractivity contribution in [2.24, 2.45) is 5.18 Å². The highest BCUT2D eigenvalue weighted by molar-refractivity contribution is 7.91. The van der Waals surface area contributed by atoms with Crippen LogP contribution in [0.5, 0.6) is 5.88 Å². The number of carbonyl (C=O) groups excluding carboxylic acids is 1. The molecule has 2 heterocycles. The van der Waals surface area contributed by atoms with Gasteiger partial charge in [0, 0.05) is 5.39 Å². The Kier molecular flexibility index (Phi) is 3.40. The summed E-state index contributed by atoms with van der Waals surface area (Å²) in [5, 5.41) is 15.9. The zero-order chi connectivity index (χ0) is 16.8. The molecule has 2 aromatic rings. The second-order valence-electron chi connectivity index (χ2n) is 5.95. The third-order valence-electron chi connectivity index (χ3n) is 4.03. The number of nitrogens with one attached hydrogen (secondary N) is 1. The van der Waals surface area contributed by atoms with E-state index in [4.69, 9.17) is 0 Å². The maximum absolute atomic E-state index is 12.5. The van der Waals surface area contributed by atoms with Gasteiger partial charge in [0.15, 0.2) is 15.5 Å². The zero-order valence-electron chi connectivity index (χ0n) is 12.3. The Labute approximate surface area is 132 Å². The van der Waals surface area contributed by atoms with Crippen LogP contribution in [0, 0.1) is 4.91 Å². The minimum absolute atomic E-state index is 0.00331. The number of hydrogen-bond acceptors (Lipinski definition) is 6. The second-order valence-corrected chi connectivity index (χ2v) is 8.13. The van der Waals surface area contributed by atoms with Crippen LogP contribution >= 0.6 is 0 Å². The van der Waals surface area contributed by atoms with E-state index in [1.54, 1.807) is 31.2 Å². The molecule has 2 N–H and O–H groups in total. The van der Waals surface area contributed by atoms with Crippen LogP contribution in [0.15, 0.2) is 29.4 Å². The number of para-hydroxylation sites is 1. The zero-order valence-corrected chi connectivity index (χ0v) is 13.1. The normalized spacial score (nSPS) is 23.0. The van der Waals surface area contributed by atoms with E-state index in [9.17, 15) is 23.2 Å². The number of carbonyl (C=O) groups is 1. The lowest BCUT2D eigenvalue weighted by molar-refractivity contribution is 0.230. The highest BCUT2D eigenvalue weighted by atomic mass is 32.2. The lowest BCUT2D eigenvalue weighted by Gasteiger charge is -2.24. The average Bonchev–Trinajstić information content (AvgIpc) is 2.91. The minimum atomic E-state index is -3.19. The summed E-state index contributed by atoms with van der Waals surface area (Å²) < 4.78 is 24.2. The van der Waals surface area contributed by atoms with Gasteiger partial charge in [-0.1, -0.05) is 18.2 Å². The summed E-state index contributed by atoms with van der Waals surface area (Å²) >= 11 is 0. The number of amides is 1. The van der Waals surface area contributed by atoms with Crippen LogP contribution in [0.2, 0.25) is 0 Å². The van der Waals surface area contributed by atoms with Gasteiger partial charge in [0.2, 0.25) is 5.88 Å². The Bertz CT molecular complexity index is 918. The van der Waals surface area contributed by atoms with Crippen molar-refractivity contribution in [3.8, 4) is 5.88 Å². The van der Waals surface area contributed by atoms with Crippen molar-refractivity contribution in [1.82, 2.24) is 9.88 Å². The summed E-state index contributed by atoms with van der Waals surface area (Å²) in [6.07, 6.45) is 0.291. The monoisotopic (exact) mass is 337 g/mol. The van der Waals surface area contributed by atoms with Gasteiger partial charge in [0.05, 0.1) is 22.6 Å². The van der Waals surface area contributed by atoms with Crippen LogP contribution in [0.1, 0.15) is 13.3 Å². The van der Waals surface area contributed by atoms with Crippen molar-refractivity contribution in [1.29, 1.82) is 0 Å². The van der Waals surface area contributed by atoms with E-state index < -0.39 is 27.3 Å². The van der Waals surface area contributed by atoms with Crippen molar-refractivity contribution in [2.75, 3.05) is 11.5 Å². The number of aromatic nitrogens is 1. The third-order valence-corrected chi connectivity index (χ3v) is 5.93. The molecule has 1 fully saturated rings. The smallest absolute Gasteiger partial charge is 0.329 e. The van der Waals surface area contributed by atoms with Crippen molar-refractivity contribution in [3.63, 3.8) is 0 Å². The van der Waals surface area contributed by atoms with Crippen LogP contribution < -0.4 is 5.32 Å². The number of hydrogen-bond donors (Lipinski definition) is 2. The van der Waals surface area contributed by atoms with Crippen molar-refractivity contribution in [3.05, 3.63) is 29.2 Å². The highest BCUT2D eigenvalue weighted by Gasteiger charge is 2.40. The van der Waals surface area contributed by atoms with E-state index in [-0.39, 0.29) is 17.2 Å². The largest absolute Gasteiger partial charge is 0.492 e. The van der Waals surface area contributed by atoms with Crippen LogP contribution in [0.3, 0.4) is 0 Å². The first-order valence-corrected chi connectivity index (χ1v) is 8.77.